The maximum absolute atomic E-state index is 10.9. The van der Waals surface area contributed by atoms with Gasteiger partial charge in [-0.15, -0.1) is 0 Å². The largest absolute Gasteiger partial charge is 0.478 e. The number of carboxylic acid groups (broad SMARTS) is 1. The first-order chi connectivity index (χ1) is 12.0. The molecule has 3 rings (SSSR count). The molecule has 25 heavy (non-hydrogen) atoms. The van der Waals surface area contributed by atoms with Crippen molar-refractivity contribution in [3.8, 4) is 11.5 Å². The predicted octanol–water partition coefficient (Wildman–Crippen LogP) is 4.33. The van der Waals surface area contributed by atoms with Gasteiger partial charge in [-0.2, -0.15) is 0 Å². The number of carbonyl (C=O) groups is 1. The Kier molecular flexibility index (Phi) is 4.61. The molecule has 0 aliphatic rings. The third-order valence-corrected chi connectivity index (χ3v) is 3.54. The topological polar surface area (TPSA) is 84.3 Å². The van der Waals surface area contributed by atoms with Crippen molar-refractivity contribution < 1.29 is 14.6 Å². The van der Waals surface area contributed by atoms with Crippen molar-refractivity contribution in [1.82, 2.24) is 9.97 Å². The van der Waals surface area contributed by atoms with Crippen molar-refractivity contribution in [3.63, 3.8) is 0 Å². The number of anilines is 2. The van der Waals surface area contributed by atoms with Gasteiger partial charge in [-0.05, 0) is 56.3 Å². The second-order valence-electron chi connectivity index (χ2n) is 5.52. The number of nitrogens with zero attached hydrogens (tertiary/aromatic N) is 2. The first-order valence-electron chi connectivity index (χ1n) is 7.70. The molecule has 2 aromatic heterocycles. The van der Waals surface area contributed by atoms with E-state index in [2.05, 4.69) is 15.3 Å². The summed E-state index contributed by atoms with van der Waals surface area (Å²) in [4.78, 5) is 19.5. The first kappa shape index (κ1) is 16.4. The van der Waals surface area contributed by atoms with Crippen LogP contribution in [0.2, 0.25) is 0 Å². The van der Waals surface area contributed by atoms with Gasteiger partial charge in [-0.25, -0.2) is 9.78 Å². The molecule has 0 amide bonds. The minimum absolute atomic E-state index is 0.234. The van der Waals surface area contributed by atoms with Crippen LogP contribution in [0.5, 0.6) is 11.5 Å². The maximum atomic E-state index is 10.9. The Labute approximate surface area is 145 Å². The lowest BCUT2D eigenvalue weighted by Gasteiger charge is -2.10. The van der Waals surface area contributed by atoms with Gasteiger partial charge in [0, 0.05) is 23.6 Å². The lowest BCUT2D eigenvalue weighted by Crippen LogP contribution is -1.98. The Bertz CT molecular complexity index is 908. The summed E-state index contributed by atoms with van der Waals surface area (Å²) in [6, 6.07) is 13.8. The average Bonchev–Trinajstić information content (AvgIpc) is 2.58. The van der Waals surface area contributed by atoms with E-state index in [1.54, 1.807) is 30.5 Å². The van der Waals surface area contributed by atoms with Gasteiger partial charge in [-0.1, -0.05) is 0 Å². The van der Waals surface area contributed by atoms with Gasteiger partial charge in [0.15, 0.2) is 0 Å². The van der Waals surface area contributed by atoms with Crippen LogP contribution in [0.25, 0.3) is 0 Å². The van der Waals surface area contributed by atoms with Gasteiger partial charge in [0.2, 0.25) is 0 Å². The Morgan fingerprint density at radius 1 is 1.08 bits per heavy atom. The number of nitrogens with one attached hydrogen (secondary N) is 1. The summed E-state index contributed by atoms with van der Waals surface area (Å²) in [6.45, 7) is 3.83. The number of benzene rings is 1. The first-order valence-corrected chi connectivity index (χ1v) is 7.70. The lowest BCUT2D eigenvalue weighted by atomic mass is 10.2. The van der Waals surface area contributed by atoms with E-state index in [4.69, 9.17) is 9.84 Å². The summed E-state index contributed by atoms with van der Waals surface area (Å²) in [7, 11) is 0. The summed E-state index contributed by atoms with van der Waals surface area (Å²) < 4.78 is 5.87. The summed E-state index contributed by atoms with van der Waals surface area (Å²) in [5.74, 6) is 0.961. The van der Waals surface area contributed by atoms with E-state index in [0.29, 0.717) is 17.3 Å². The summed E-state index contributed by atoms with van der Waals surface area (Å²) in [5, 5.41) is 12.0. The summed E-state index contributed by atoms with van der Waals surface area (Å²) >= 11 is 0. The molecular formula is C19H17N3O3. The normalized spacial score (nSPS) is 10.3. The minimum atomic E-state index is -0.956. The Hall–Kier alpha value is -3.41. The molecule has 1 aromatic carbocycles. The zero-order valence-corrected chi connectivity index (χ0v) is 13.9. The van der Waals surface area contributed by atoms with Crippen molar-refractivity contribution in [2.45, 2.75) is 13.8 Å². The molecule has 0 radical (unpaired) electrons. The molecule has 0 spiro atoms. The zero-order chi connectivity index (χ0) is 17.8. The van der Waals surface area contributed by atoms with Crippen molar-refractivity contribution in [2.24, 2.45) is 0 Å². The van der Waals surface area contributed by atoms with Crippen LogP contribution in [0, 0.1) is 13.8 Å². The quantitative estimate of drug-likeness (QED) is 0.722. The molecule has 126 valence electrons. The maximum Gasteiger partial charge on any atom is 0.335 e. The number of hydrogen-bond donors (Lipinski definition) is 2. The summed E-state index contributed by atoms with van der Waals surface area (Å²) in [6.07, 6.45) is 1.64. The molecule has 0 fully saturated rings. The van der Waals surface area contributed by atoms with Gasteiger partial charge in [0.1, 0.15) is 17.3 Å². The number of aryl methyl sites for hydroxylation is 2. The van der Waals surface area contributed by atoms with Gasteiger partial charge in [-0.3, -0.25) is 4.98 Å². The van der Waals surface area contributed by atoms with E-state index in [-0.39, 0.29) is 5.56 Å². The van der Waals surface area contributed by atoms with Gasteiger partial charge in [0.25, 0.3) is 0 Å². The monoisotopic (exact) mass is 335 g/mol. The molecule has 6 heteroatoms. The SMILES string of the molecule is Cc1ccc(Oc2ccnc(Nc3ccc(C(=O)O)cc3)c2)c(C)n1. The molecule has 2 N–H and O–H groups in total. The molecule has 0 unspecified atom stereocenters. The fraction of sp³-hybridized carbons (Fsp3) is 0.105. The Morgan fingerprint density at radius 2 is 1.84 bits per heavy atom. The van der Waals surface area contributed by atoms with Crippen molar-refractivity contribution in [2.75, 3.05) is 5.32 Å². The highest BCUT2D eigenvalue weighted by Crippen LogP contribution is 2.26. The molecule has 0 aliphatic heterocycles. The van der Waals surface area contributed by atoms with Crippen LogP contribution in [0.1, 0.15) is 21.7 Å². The summed E-state index contributed by atoms with van der Waals surface area (Å²) in [5.41, 5.74) is 2.73. The molecule has 6 nitrogen and oxygen atoms in total. The number of aromatic carboxylic acids is 1. The number of ether oxygens (including phenoxy) is 1. The molecular weight excluding hydrogens is 318 g/mol. The second-order valence-corrected chi connectivity index (χ2v) is 5.52. The van der Waals surface area contributed by atoms with Crippen molar-refractivity contribution >= 4 is 17.5 Å². The van der Waals surface area contributed by atoms with Crippen LogP contribution in [0.3, 0.4) is 0 Å². The second kappa shape index (κ2) is 7.00. The van der Waals surface area contributed by atoms with E-state index in [1.165, 1.54) is 12.1 Å². The van der Waals surface area contributed by atoms with Crippen LogP contribution in [-0.2, 0) is 0 Å². The lowest BCUT2D eigenvalue weighted by molar-refractivity contribution is 0.0697. The highest BCUT2D eigenvalue weighted by molar-refractivity contribution is 5.88. The molecule has 0 atom stereocenters. The molecule has 3 aromatic rings. The van der Waals surface area contributed by atoms with Gasteiger partial charge >= 0.3 is 5.97 Å². The third-order valence-electron chi connectivity index (χ3n) is 3.54. The predicted molar refractivity (Wildman–Crippen MR) is 94.7 cm³/mol. The van der Waals surface area contributed by atoms with Crippen molar-refractivity contribution in [3.05, 3.63) is 71.7 Å². The van der Waals surface area contributed by atoms with E-state index in [1.807, 2.05) is 26.0 Å². The van der Waals surface area contributed by atoms with Crippen LogP contribution in [-0.4, -0.2) is 21.0 Å². The van der Waals surface area contributed by atoms with Gasteiger partial charge < -0.3 is 15.2 Å². The van der Waals surface area contributed by atoms with Crippen LogP contribution < -0.4 is 10.1 Å². The number of aromatic nitrogens is 2. The highest BCUT2D eigenvalue weighted by Gasteiger charge is 2.06. The van der Waals surface area contributed by atoms with Crippen molar-refractivity contribution in [1.29, 1.82) is 0 Å². The smallest absolute Gasteiger partial charge is 0.335 e. The molecule has 2 heterocycles. The number of pyridine rings is 2. The Balaban J connectivity index is 1.76. The fourth-order valence-electron chi connectivity index (χ4n) is 2.30. The number of rotatable bonds is 5. The molecule has 0 aliphatic carbocycles. The molecule has 0 saturated carbocycles. The van der Waals surface area contributed by atoms with Crippen LogP contribution in [0.15, 0.2) is 54.7 Å². The number of carboxylic acids is 1. The zero-order valence-electron chi connectivity index (χ0n) is 13.9. The average molecular weight is 335 g/mol. The molecule has 0 bridgehead atoms. The van der Waals surface area contributed by atoms with Crippen LogP contribution >= 0.6 is 0 Å². The van der Waals surface area contributed by atoms with E-state index >= 15 is 0 Å². The van der Waals surface area contributed by atoms with Crippen LogP contribution in [0.4, 0.5) is 11.5 Å². The van der Waals surface area contributed by atoms with E-state index in [9.17, 15) is 4.79 Å². The highest BCUT2D eigenvalue weighted by atomic mass is 16.5. The van der Waals surface area contributed by atoms with Gasteiger partial charge in [0.05, 0.1) is 11.3 Å². The third kappa shape index (κ3) is 4.11. The van der Waals surface area contributed by atoms with E-state index in [0.717, 1.165) is 17.1 Å². The Morgan fingerprint density at radius 3 is 2.52 bits per heavy atom. The fourth-order valence-corrected chi connectivity index (χ4v) is 2.30. The number of hydrogen-bond acceptors (Lipinski definition) is 5. The molecule has 0 saturated heterocycles. The minimum Gasteiger partial charge on any atom is -0.478 e. The standard InChI is InChI=1S/C19H17N3O3/c1-12-3-8-17(13(2)21-12)25-16-9-10-20-18(11-16)22-15-6-4-14(5-7-15)19(23)24/h3-11H,1-2H3,(H,20,22)(H,23,24). The van der Waals surface area contributed by atoms with E-state index < -0.39 is 5.97 Å².